The summed E-state index contributed by atoms with van der Waals surface area (Å²) < 4.78 is 51.8. The maximum atomic E-state index is 11.9. The maximum Gasteiger partial charge on any atom is 0.411 e. The molecular formula is C16H15BrF3NO4. The highest BCUT2D eigenvalue weighted by atomic mass is 79.9. The minimum Gasteiger partial charge on any atom is -0.486 e. The molecule has 1 aromatic carbocycles. The zero-order valence-electron chi connectivity index (χ0n) is 12.9. The summed E-state index contributed by atoms with van der Waals surface area (Å²) in [5.74, 6) is 0.588. The number of amides is 1. The number of nitrogens with one attached hydrogen (secondary N) is 1. The predicted octanol–water partition coefficient (Wildman–Crippen LogP) is 3.93. The molecule has 0 bridgehead atoms. The lowest BCUT2D eigenvalue weighted by Gasteiger charge is -2.07. The number of hydrogen-bond acceptors (Lipinski definition) is 4. The molecule has 0 aliphatic carbocycles. The molecule has 0 atom stereocenters. The zero-order valence-corrected chi connectivity index (χ0v) is 14.5. The first-order chi connectivity index (χ1) is 11.8. The molecule has 1 aromatic heterocycles. The Morgan fingerprint density at radius 2 is 2.04 bits per heavy atom. The van der Waals surface area contributed by atoms with Crippen molar-refractivity contribution in [1.29, 1.82) is 0 Å². The van der Waals surface area contributed by atoms with E-state index in [9.17, 15) is 18.0 Å². The minimum atomic E-state index is -4.38. The van der Waals surface area contributed by atoms with Gasteiger partial charge in [-0.25, -0.2) is 0 Å². The molecular weight excluding hydrogens is 407 g/mol. The molecule has 0 aliphatic rings. The SMILES string of the molecule is O=C(NCCOCC(F)(F)F)c1ccc(COc2cccc(Br)c2)o1. The zero-order chi connectivity index (χ0) is 18.3. The Hall–Kier alpha value is -2.00. The Balaban J connectivity index is 1.73. The van der Waals surface area contributed by atoms with Crippen molar-refractivity contribution in [2.24, 2.45) is 0 Å². The number of benzene rings is 1. The number of ether oxygens (including phenoxy) is 2. The molecule has 5 nitrogen and oxygen atoms in total. The van der Waals surface area contributed by atoms with Crippen molar-refractivity contribution in [2.75, 3.05) is 19.8 Å². The number of alkyl halides is 3. The summed E-state index contributed by atoms with van der Waals surface area (Å²) in [6.07, 6.45) is -4.38. The van der Waals surface area contributed by atoms with E-state index in [-0.39, 0.29) is 25.5 Å². The van der Waals surface area contributed by atoms with Crippen LogP contribution in [0.2, 0.25) is 0 Å². The third kappa shape index (κ3) is 7.18. The van der Waals surface area contributed by atoms with E-state index in [0.29, 0.717) is 11.5 Å². The molecule has 2 rings (SSSR count). The first-order valence-electron chi connectivity index (χ1n) is 7.23. The van der Waals surface area contributed by atoms with Crippen LogP contribution in [0.4, 0.5) is 13.2 Å². The summed E-state index contributed by atoms with van der Waals surface area (Å²) >= 11 is 3.33. The highest BCUT2D eigenvalue weighted by molar-refractivity contribution is 9.10. The topological polar surface area (TPSA) is 60.7 Å². The predicted molar refractivity (Wildman–Crippen MR) is 86.4 cm³/mol. The molecule has 0 radical (unpaired) electrons. The second-order valence-corrected chi connectivity index (χ2v) is 5.85. The van der Waals surface area contributed by atoms with Gasteiger partial charge in [0.2, 0.25) is 0 Å². The third-order valence-corrected chi connectivity index (χ3v) is 3.35. The van der Waals surface area contributed by atoms with Crippen molar-refractivity contribution in [3.63, 3.8) is 0 Å². The molecule has 136 valence electrons. The van der Waals surface area contributed by atoms with Gasteiger partial charge in [-0.2, -0.15) is 13.2 Å². The van der Waals surface area contributed by atoms with Crippen molar-refractivity contribution in [3.8, 4) is 5.75 Å². The van der Waals surface area contributed by atoms with Crippen molar-refractivity contribution < 1.29 is 31.9 Å². The van der Waals surface area contributed by atoms with Crippen LogP contribution < -0.4 is 10.1 Å². The van der Waals surface area contributed by atoms with E-state index >= 15 is 0 Å². The Bertz CT molecular complexity index is 703. The normalized spacial score (nSPS) is 11.4. The van der Waals surface area contributed by atoms with Gasteiger partial charge in [0.25, 0.3) is 5.91 Å². The van der Waals surface area contributed by atoms with Crippen molar-refractivity contribution in [3.05, 3.63) is 52.4 Å². The lowest BCUT2D eigenvalue weighted by molar-refractivity contribution is -0.173. The number of hydrogen-bond donors (Lipinski definition) is 1. The molecule has 0 saturated heterocycles. The van der Waals surface area contributed by atoms with Crippen LogP contribution in [-0.4, -0.2) is 31.8 Å². The fraction of sp³-hybridized carbons (Fsp3) is 0.312. The number of halogens is 4. The van der Waals surface area contributed by atoms with E-state index in [2.05, 4.69) is 26.0 Å². The van der Waals surface area contributed by atoms with Gasteiger partial charge in [0, 0.05) is 11.0 Å². The van der Waals surface area contributed by atoms with Gasteiger partial charge in [-0.05, 0) is 30.3 Å². The van der Waals surface area contributed by atoms with Crippen LogP contribution in [0.1, 0.15) is 16.3 Å². The summed E-state index contributed by atoms with van der Waals surface area (Å²) in [5, 5.41) is 2.41. The molecule has 9 heteroatoms. The third-order valence-electron chi connectivity index (χ3n) is 2.86. The average molecular weight is 422 g/mol. The van der Waals surface area contributed by atoms with Gasteiger partial charge in [-0.1, -0.05) is 22.0 Å². The second kappa shape index (κ2) is 8.91. The van der Waals surface area contributed by atoms with Gasteiger partial charge in [0.1, 0.15) is 24.7 Å². The summed E-state index contributed by atoms with van der Waals surface area (Å²) in [5.41, 5.74) is 0. The number of carbonyl (C=O) groups excluding carboxylic acids is 1. The van der Waals surface area contributed by atoms with E-state index in [1.54, 1.807) is 18.2 Å². The van der Waals surface area contributed by atoms with Gasteiger partial charge in [-0.3, -0.25) is 4.79 Å². The van der Waals surface area contributed by atoms with Crippen molar-refractivity contribution in [2.45, 2.75) is 12.8 Å². The Morgan fingerprint density at radius 3 is 2.76 bits per heavy atom. The molecule has 2 aromatic rings. The van der Waals surface area contributed by atoms with Gasteiger partial charge in [0.15, 0.2) is 5.76 Å². The standard InChI is InChI=1S/C16H15BrF3NO4/c17-11-2-1-3-12(8-11)24-9-13-4-5-14(25-13)15(22)21-6-7-23-10-16(18,19)20/h1-5,8H,6-7,9-10H2,(H,21,22). The lowest BCUT2D eigenvalue weighted by Crippen LogP contribution is -2.28. The quantitative estimate of drug-likeness (QED) is 0.656. The van der Waals surface area contributed by atoms with E-state index in [1.807, 2.05) is 12.1 Å². The summed E-state index contributed by atoms with van der Waals surface area (Å²) in [6.45, 7) is -1.51. The summed E-state index contributed by atoms with van der Waals surface area (Å²) in [7, 11) is 0. The fourth-order valence-electron chi connectivity index (χ4n) is 1.80. The molecule has 0 fully saturated rings. The van der Waals surface area contributed by atoms with Crippen molar-refractivity contribution in [1.82, 2.24) is 5.32 Å². The van der Waals surface area contributed by atoms with Crippen LogP contribution in [0.15, 0.2) is 45.3 Å². The van der Waals surface area contributed by atoms with Gasteiger partial charge < -0.3 is 19.2 Å². The fourth-order valence-corrected chi connectivity index (χ4v) is 2.18. The molecule has 1 N–H and O–H groups in total. The molecule has 0 spiro atoms. The smallest absolute Gasteiger partial charge is 0.411 e. The molecule has 1 heterocycles. The maximum absolute atomic E-state index is 11.9. The number of rotatable bonds is 8. The van der Waals surface area contributed by atoms with Crippen molar-refractivity contribution >= 4 is 21.8 Å². The molecule has 25 heavy (non-hydrogen) atoms. The van der Waals surface area contributed by atoms with Gasteiger partial charge in [-0.15, -0.1) is 0 Å². The van der Waals surface area contributed by atoms with E-state index in [4.69, 9.17) is 9.15 Å². The first kappa shape index (κ1) is 19.3. The monoisotopic (exact) mass is 421 g/mol. The van der Waals surface area contributed by atoms with Crippen LogP contribution in [0.5, 0.6) is 5.75 Å². The van der Waals surface area contributed by atoms with E-state index in [0.717, 1.165) is 4.47 Å². The Labute approximate surface area is 150 Å². The van der Waals surface area contributed by atoms with Gasteiger partial charge in [0.05, 0.1) is 6.61 Å². The number of carbonyl (C=O) groups is 1. The van der Waals surface area contributed by atoms with Crippen LogP contribution in [0.3, 0.4) is 0 Å². The lowest BCUT2D eigenvalue weighted by atomic mass is 10.3. The highest BCUT2D eigenvalue weighted by Crippen LogP contribution is 2.19. The average Bonchev–Trinajstić information content (AvgIpc) is 3.00. The molecule has 1 amide bonds. The minimum absolute atomic E-state index is 0.0451. The van der Waals surface area contributed by atoms with Crippen LogP contribution in [-0.2, 0) is 11.3 Å². The first-order valence-corrected chi connectivity index (χ1v) is 8.02. The Morgan fingerprint density at radius 1 is 1.24 bits per heavy atom. The highest BCUT2D eigenvalue weighted by Gasteiger charge is 2.27. The number of furan rings is 1. The summed E-state index contributed by atoms with van der Waals surface area (Å²) in [6, 6.07) is 10.3. The van der Waals surface area contributed by atoms with Crippen LogP contribution in [0.25, 0.3) is 0 Å². The largest absolute Gasteiger partial charge is 0.486 e. The second-order valence-electron chi connectivity index (χ2n) is 4.94. The van der Waals surface area contributed by atoms with Gasteiger partial charge >= 0.3 is 6.18 Å². The van der Waals surface area contributed by atoms with E-state index < -0.39 is 18.7 Å². The van der Waals surface area contributed by atoms with Crippen LogP contribution >= 0.6 is 15.9 Å². The molecule has 0 aliphatic heterocycles. The molecule has 0 unspecified atom stereocenters. The van der Waals surface area contributed by atoms with Crippen LogP contribution in [0, 0.1) is 0 Å². The Kier molecular flexibility index (Phi) is 6.89. The molecule has 0 saturated carbocycles. The summed E-state index contributed by atoms with van der Waals surface area (Å²) in [4.78, 5) is 11.8. The van der Waals surface area contributed by atoms with E-state index in [1.165, 1.54) is 6.07 Å².